The number of fused-ring (bicyclic) bond motifs is 5. The number of unbranched alkanes of at least 4 members (excludes halogenated alkanes) is 1. The van der Waals surface area contributed by atoms with Gasteiger partial charge in [-0.1, -0.05) is 56.2 Å². The molecule has 10 atom stereocenters. The van der Waals surface area contributed by atoms with E-state index in [2.05, 4.69) is 31.9 Å². The van der Waals surface area contributed by atoms with Crippen LogP contribution in [0.2, 0.25) is 5.02 Å². The maximum absolute atomic E-state index is 16.2. The number of hydrogen-bond donors (Lipinski definition) is 8. The predicted molar refractivity (Wildman–Crippen MR) is 321 cm³/mol. The van der Waals surface area contributed by atoms with Gasteiger partial charge in [0.2, 0.25) is 11.8 Å². The Bertz CT molecular complexity index is 3030. The lowest BCUT2D eigenvalue weighted by Gasteiger charge is -2.42. The quantitative estimate of drug-likeness (QED) is 0.0262. The van der Waals surface area contributed by atoms with Crippen LogP contribution < -0.4 is 47.3 Å². The number of primary amides is 1. The van der Waals surface area contributed by atoms with Crippen LogP contribution >= 0.6 is 23.8 Å². The molecule has 28 heteroatoms. The first-order chi connectivity index (χ1) is 41.0. The number of epoxide rings is 1. The molecule has 9 N–H and O–H groups in total. The number of nitrogens with one attached hydrogen (secondary N) is 6. The van der Waals surface area contributed by atoms with E-state index in [4.69, 9.17) is 53.2 Å². The largest absolute Gasteiger partial charge is 0.495 e. The maximum Gasteiger partial charge on any atom is 0.409 e. The Morgan fingerprint density at radius 1 is 1.00 bits per heavy atom. The van der Waals surface area contributed by atoms with E-state index in [1.807, 2.05) is 6.92 Å². The minimum absolute atomic E-state index is 0.120. The fourth-order valence-corrected chi connectivity index (χ4v) is 11.0. The third kappa shape index (κ3) is 17.4. The molecular formula is C59H79ClF2N10O14S. The number of anilines is 2. The molecule has 0 spiro atoms. The normalized spacial score (nSPS) is 24.9. The van der Waals surface area contributed by atoms with Gasteiger partial charge in [-0.05, 0) is 94.8 Å². The van der Waals surface area contributed by atoms with Gasteiger partial charge in [0.05, 0.1) is 36.6 Å². The fraction of sp³-hybridized carbons (Fsp3) is 0.542. The first-order valence-electron chi connectivity index (χ1n) is 28.5. The van der Waals surface area contributed by atoms with Gasteiger partial charge in [-0.3, -0.25) is 34.2 Å². The summed E-state index contributed by atoms with van der Waals surface area (Å²) in [5.41, 5.74) is 2.57. The van der Waals surface area contributed by atoms with Crippen molar-refractivity contribution in [3.8, 4) is 5.75 Å². The number of hydrogen-bond acceptors (Lipinski definition) is 16. The maximum atomic E-state index is 16.2. The number of alkyl carbamates (subject to hydrolysis) is 1. The van der Waals surface area contributed by atoms with E-state index in [0.717, 1.165) is 21.4 Å². The number of nitrogens with two attached hydrogens (primary N) is 1. The van der Waals surface area contributed by atoms with Gasteiger partial charge < -0.3 is 70.9 Å². The van der Waals surface area contributed by atoms with Crippen LogP contribution in [-0.4, -0.2) is 176 Å². The second-order valence-electron chi connectivity index (χ2n) is 22.6. The summed E-state index contributed by atoms with van der Waals surface area (Å²) < 4.78 is 61.6. The van der Waals surface area contributed by atoms with Crippen molar-refractivity contribution in [1.82, 2.24) is 36.4 Å². The van der Waals surface area contributed by atoms with Gasteiger partial charge >= 0.3 is 18.1 Å². The highest BCUT2D eigenvalue weighted by Crippen LogP contribution is 2.49. The molecule has 6 rings (SSSR count). The topological polar surface area (TPSA) is 314 Å². The molecule has 476 valence electrons. The number of carbonyl (C=O) groups is 8. The van der Waals surface area contributed by atoms with Crippen LogP contribution in [0.5, 0.6) is 5.75 Å². The first kappa shape index (κ1) is 68.7. The molecule has 0 aromatic heterocycles. The van der Waals surface area contributed by atoms with Crippen LogP contribution in [0.1, 0.15) is 96.0 Å². The van der Waals surface area contributed by atoms with Crippen LogP contribution in [0, 0.1) is 23.5 Å². The third-order valence-electron chi connectivity index (χ3n) is 15.9. The number of esters is 1. The van der Waals surface area contributed by atoms with E-state index in [9.17, 15) is 43.5 Å². The number of allylic oxidation sites excluding steroid dienone is 3. The second kappa shape index (κ2) is 30.0. The second-order valence-corrected chi connectivity index (χ2v) is 23.4. The van der Waals surface area contributed by atoms with Crippen molar-refractivity contribution in [1.29, 1.82) is 0 Å². The van der Waals surface area contributed by atoms with Gasteiger partial charge in [0.1, 0.15) is 58.4 Å². The molecule has 4 aliphatic heterocycles. The standard InChI is InChI=1S/C59H79ClF2N10O14S/c1-31(2)50(68-56(87)65-20-11-12-22-72-46(73)18-19-47(72)74)52(76)67-36(16-14-21-64-55(63)79)30-66-40-27-38(61)37(26-39(40)62)53(77)70(7)34(5)54(78)85-45-28-48(75)71(8)41-24-35(25-42(82-9)49(41)60)23-32(3)15-13-17-44(83-10)59(81)29-43(84-57(80)69-59)33(4)51-58(45,6)86-51/h13,15,17-19,24-27,31,33-34,36,43-45,50-51,66,81H,11-12,14,16,20-23,28-30H2,1-10H3,(H,67,76)(H,69,80)(H3,63,64,79)(H2,65,68,87)/b17-13+,32-15+/t33-,34+,36+,43+,44-,45+,50+,51+,58+,59+/m1/s1. The molecule has 0 aliphatic carbocycles. The zero-order chi connectivity index (χ0) is 64.2. The van der Waals surface area contributed by atoms with Gasteiger partial charge in [0.15, 0.2) is 10.8 Å². The monoisotopic (exact) mass is 1260 g/mol. The minimum Gasteiger partial charge on any atom is -0.495 e. The Morgan fingerprint density at radius 2 is 1.69 bits per heavy atom. The van der Waals surface area contributed by atoms with Crippen LogP contribution in [0.15, 0.2) is 60.2 Å². The highest BCUT2D eigenvalue weighted by molar-refractivity contribution is 7.80. The van der Waals surface area contributed by atoms with Crippen molar-refractivity contribution < 1.29 is 75.9 Å². The molecule has 4 heterocycles. The van der Waals surface area contributed by atoms with E-state index >= 15 is 8.78 Å². The number of aliphatic hydroxyl groups is 1. The lowest BCUT2D eigenvalue weighted by atomic mass is 9.83. The Kier molecular flexibility index (Phi) is 23.6. The van der Waals surface area contributed by atoms with E-state index < -0.39 is 119 Å². The summed E-state index contributed by atoms with van der Waals surface area (Å²) in [4.78, 5) is 108. The number of amides is 8. The van der Waals surface area contributed by atoms with E-state index in [0.29, 0.717) is 43.9 Å². The molecule has 0 unspecified atom stereocenters. The van der Waals surface area contributed by atoms with Gasteiger partial charge in [-0.15, -0.1) is 0 Å². The number of carbonyl (C=O) groups excluding carboxylic acids is 8. The Morgan fingerprint density at radius 3 is 2.34 bits per heavy atom. The lowest BCUT2D eigenvalue weighted by Crippen LogP contribution is -2.63. The number of ether oxygens (including phenoxy) is 5. The third-order valence-corrected chi connectivity index (χ3v) is 16.5. The smallest absolute Gasteiger partial charge is 0.409 e. The molecule has 87 heavy (non-hydrogen) atoms. The molecular weight excluding hydrogens is 1180 g/mol. The van der Waals surface area contributed by atoms with Crippen molar-refractivity contribution in [2.75, 3.05) is 64.7 Å². The average molecular weight is 1260 g/mol. The summed E-state index contributed by atoms with van der Waals surface area (Å²) in [5.74, 6) is -6.94. The number of imide groups is 1. The molecule has 2 aromatic carbocycles. The summed E-state index contributed by atoms with van der Waals surface area (Å²) in [6.07, 6.45) is 3.58. The number of benzene rings is 2. The SMILES string of the molecule is COc1cc2cc(c1Cl)N(C)C(=O)C[C@H](OC(=O)[C@H](C)N(C)C(=O)c1cc(F)c(NC[C@H](CCCNC(N)=O)NC(=O)[C@@H](NC(=S)NCCCCN3C(=O)C=CC3=O)C(C)C)cc1F)[C@]1(C)O[C@H]1[C@H](C)[C@@H]1C[C@@](O)(NC(=O)O1)[C@H](OC)/C=C/C=C(\C)C2. The lowest BCUT2D eigenvalue weighted by molar-refractivity contribution is -0.158. The first-order valence-corrected chi connectivity index (χ1v) is 29.3. The zero-order valence-electron chi connectivity index (χ0n) is 50.4. The van der Waals surface area contributed by atoms with Crippen molar-refractivity contribution >= 4 is 87.9 Å². The van der Waals surface area contributed by atoms with Gasteiger partial charge in [-0.2, -0.15) is 0 Å². The van der Waals surface area contributed by atoms with Crippen molar-refractivity contribution in [2.24, 2.45) is 17.6 Å². The van der Waals surface area contributed by atoms with E-state index in [1.165, 1.54) is 52.3 Å². The van der Waals surface area contributed by atoms with Crippen LogP contribution in [-0.2, 0) is 49.3 Å². The molecule has 4 bridgehead atoms. The van der Waals surface area contributed by atoms with E-state index in [1.54, 1.807) is 58.1 Å². The average Bonchev–Trinajstić information content (AvgIpc) is 1.67. The predicted octanol–water partition coefficient (Wildman–Crippen LogP) is 4.65. The van der Waals surface area contributed by atoms with E-state index in [-0.39, 0.29) is 77.5 Å². The molecule has 2 saturated heterocycles. The van der Waals surface area contributed by atoms with Gasteiger partial charge in [0, 0.05) is 84.0 Å². The number of likely N-dealkylation sites (N-methyl/N-ethyl adjacent to an activating group) is 1. The molecule has 2 aromatic rings. The number of nitrogens with zero attached hydrogens (tertiary/aromatic N) is 3. The number of urea groups is 1. The molecule has 0 radical (unpaired) electrons. The van der Waals surface area contributed by atoms with Crippen molar-refractivity contribution in [3.63, 3.8) is 0 Å². The van der Waals surface area contributed by atoms with Gasteiger partial charge in [-0.25, -0.2) is 23.2 Å². The highest BCUT2D eigenvalue weighted by Gasteiger charge is 2.64. The molecule has 2 fully saturated rings. The Hall–Kier alpha value is -7.46. The van der Waals surface area contributed by atoms with Gasteiger partial charge in [0.25, 0.3) is 17.7 Å². The van der Waals surface area contributed by atoms with Crippen molar-refractivity contribution in [2.45, 2.75) is 140 Å². The minimum atomic E-state index is -1.95. The number of rotatable bonds is 22. The Balaban J connectivity index is 1.16. The summed E-state index contributed by atoms with van der Waals surface area (Å²) in [5, 5.41) is 28.9. The number of halogens is 3. The molecule has 4 aliphatic rings. The molecule has 8 amide bonds. The summed E-state index contributed by atoms with van der Waals surface area (Å²) in [6, 6.07) is 0.992. The summed E-state index contributed by atoms with van der Waals surface area (Å²) in [7, 11) is 5.48. The number of methoxy groups -OCH3 is 2. The zero-order valence-corrected chi connectivity index (χ0v) is 52.0. The van der Waals surface area contributed by atoms with Crippen LogP contribution in [0.4, 0.5) is 29.7 Å². The molecule has 0 saturated carbocycles. The van der Waals surface area contributed by atoms with Crippen LogP contribution in [0.3, 0.4) is 0 Å². The fourth-order valence-electron chi connectivity index (χ4n) is 10.5. The van der Waals surface area contributed by atoms with Crippen molar-refractivity contribution in [3.05, 3.63) is 88.0 Å². The molecule has 24 nitrogen and oxygen atoms in total. The summed E-state index contributed by atoms with van der Waals surface area (Å²) >= 11 is 12.3. The Labute approximate surface area is 514 Å². The number of thiocarbonyl (C=S) groups is 1. The van der Waals surface area contributed by atoms with Crippen LogP contribution in [0.25, 0.3) is 0 Å². The summed E-state index contributed by atoms with van der Waals surface area (Å²) in [6.45, 7) is 10.6. The highest BCUT2D eigenvalue weighted by atomic mass is 35.5.